The van der Waals surface area contributed by atoms with Crippen LogP contribution < -0.4 is 10.0 Å². The number of hydrogen-bond acceptors (Lipinski definition) is 4. The molecule has 1 aromatic heterocycles. The lowest BCUT2D eigenvalue weighted by atomic mass is 10.1. The molecule has 0 aliphatic carbocycles. The number of H-pyrrole nitrogens is 1. The van der Waals surface area contributed by atoms with Crippen LogP contribution in [0.15, 0.2) is 41.4 Å². The molecule has 3 rings (SSSR count). The highest BCUT2D eigenvalue weighted by Crippen LogP contribution is 2.22. The molecule has 0 fully saturated rings. The number of sulfonamides is 1. The molecule has 1 heterocycles. The van der Waals surface area contributed by atoms with Gasteiger partial charge in [0.2, 0.25) is 10.0 Å². The van der Waals surface area contributed by atoms with Crippen molar-refractivity contribution >= 4 is 26.6 Å². The fourth-order valence-electron chi connectivity index (χ4n) is 3.43. The van der Waals surface area contributed by atoms with Crippen molar-refractivity contribution in [2.24, 2.45) is 0 Å². The lowest BCUT2D eigenvalue weighted by Gasteiger charge is -2.20. The Balaban J connectivity index is 1.74. The van der Waals surface area contributed by atoms with Crippen LogP contribution in [0.3, 0.4) is 0 Å². The summed E-state index contributed by atoms with van der Waals surface area (Å²) in [5.74, 6) is 0. The van der Waals surface area contributed by atoms with Crippen LogP contribution in [-0.4, -0.2) is 31.2 Å². The lowest BCUT2D eigenvalue weighted by Crippen LogP contribution is -2.39. The smallest absolute Gasteiger partial charge is 0.241 e. The van der Waals surface area contributed by atoms with E-state index in [1.54, 1.807) is 6.20 Å². The summed E-state index contributed by atoms with van der Waals surface area (Å²) in [5.41, 5.74) is 4.51. The summed E-state index contributed by atoms with van der Waals surface area (Å²) in [6.45, 7) is 8.13. The maximum atomic E-state index is 13.0. The van der Waals surface area contributed by atoms with Gasteiger partial charge in [-0.15, -0.1) is 0 Å². The zero-order chi connectivity index (χ0) is 19.6. The van der Waals surface area contributed by atoms with Gasteiger partial charge in [0.05, 0.1) is 16.6 Å². The van der Waals surface area contributed by atoms with E-state index in [0.717, 1.165) is 33.3 Å². The molecule has 0 spiro atoms. The minimum absolute atomic E-state index is 0.213. The number of nitrogens with one attached hydrogen (secondary N) is 3. The summed E-state index contributed by atoms with van der Waals surface area (Å²) in [7, 11) is -3.58. The van der Waals surface area contributed by atoms with Crippen LogP contribution in [0.5, 0.6) is 0 Å². The summed E-state index contributed by atoms with van der Waals surface area (Å²) >= 11 is 0. The number of rotatable bonds is 7. The van der Waals surface area contributed by atoms with Gasteiger partial charge in [-0.05, 0) is 56.5 Å². The zero-order valence-corrected chi connectivity index (χ0v) is 16.9. The zero-order valence-electron chi connectivity index (χ0n) is 16.1. The van der Waals surface area contributed by atoms with Crippen molar-refractivity contribution in [1.29, 1.82) is 0 Å². The van der Waals surface area contributed by atoms with Gasteiger partial charge < -0.3 is 5.32 Å². The van der Waals surface area contributed by atoms with Crippen molar-refractivity contribution in [2.45, 2.75) is 45.1 Å². The summed E-state index contributed by atoms with van der Waals surface area (Å²) in [6.07, 6.45) is 2.45. The van der Waals surface area contributed by atoms with Gasteiger partial charge in [-0.2, -0.15) is 5.10 Å². The molecular formula is C20H26N4O2S. The average molecular weight is 387 g/mol. The molecule has 6 nitrogen and oxygen atoms in total. The SMILES string of the molecule is CC[C@@H](CNc1ccc2[nH]ncc2c1)NS(=O)(=O)c1c(C)cc(C)cc1C. The molecule has 3 aromatic rings. The highest BCUT2D eigenvalue weighted by molar-refractivity contribution is 7.89. The van der Waals surface area contributed by atoms with Gasteiger partial charge in [0, 0.05) is 23.7 Å². The number of aromatic nitrogens is 2. The standard InChI is InChI=1S/C20H26N4O2S/c1-5-17(12-21-18-6-7-19-16(10-18)11-22-23-19)24-27(25,26)20-14(3)8-13(2)9-15(20)4/h6-11,17,21,24H,5,12H2,1-4H3,(H,22,23)/t17-/m0/s1. The largest absolute Gasteiger partial charge is 0.383 e. The van der Waals surface area contributed by atoms with E-state index in [-0.39, 0.29) is 6.04 Å². The number of nitrogens with zero attached hydrogens (tertiary/aromatic N) is 1. The Morgan fingerprint density at radius 3 is 2.48 bits per heavy atom. The van der Waals surface area contributed by atoms with Crippen molar-refractivity contribution < 1.29 is 8.42 Å². The number of aryl methyl sites for hydroxylation is 3. The second-order valence-electron chi connectivity index (χ2n) is 7.01. The first-order valence-corrected chi connectivity index (χ1v) is 10.6. The van der Waals surface area contributed by atoms with Crippen LogP contribution in [0.25, 0.3) is 10.9 Å². The molecule has 0 radical (unpaired) electrons. The topological polar surface area (TPSA) is 86.9 Å². The van der Waals surface area contributed by atoms with Crippen molar-refractivity contribution in [3.8, 4) is 0 Å². The molecule has 0 aliphatic heterocycles. The lowest BCUT2D eigenvalue weighted by molar-refractivity contribution is 0.547. The molecule has 0 saturated heterocycles. The predicted octanol–water partition coefficient (Wildman–Crippen LogP) is 3.66. The van der Waals surface area contributed by atoms with Crippen molar-refractivity contribution in [2.75, 3.05) is 11.9 Å². The Morgan fingerprint density at radius 2 is 1.81 bits per heavy atom. The van der Waals surface area contributed by atoms with E-state index in [2.05, 4.69) is 20.2 Å². The van der Waals surface area contributed by atoms with Crippen LogP contribution in [0.4, 0.5) is 5.69 Å². The average Bonchev–Trinajstić information content (AvgIpc) is 3.04. The first kappa shape index (κ1) is 19.4. The van der Waals surface area contributed by atoms with Crippen LogP contribution in [-0.2, 0) is 10.0 Å². The summed E-state index contributed by atoms with van der Waals surface area (Å²) in [4.78, 5) is 0.381. The minimum Gasteiger partial charge on any atom is -0.383 e. The van der Waals surface area contributed by atoms with Gasteiger partial charge in [-0.25, -0.2) is 13.1 Å². The van der Waals surface area contributed by atoms with Crippen LogP contribution in [0.2, 0.25) is 0 Å². The first-order valence-electron chi connectivity index (χ1n) is 9.07. The quantitative estimate of drug-likeness (QED) is 0.578. The molecule has 1 atom stereocenters. The number of anilines is 1. The van der Waals surface area contributed by atoms with E-state index < -0.39 is 10.0 Å². The van der Waals surface area contributed by atoms with Crippen molar-refractivity contribution in [3.63, 3.8) is 0 Å². The maximum absolute atomic E-state index is 13.0. The van der Waals surface area contributed by atoms with Gasteiger partial charge in [-0.3, -0.25) is 5.10 Å². The summed E-state index contributed by atoms with van der Waals surface area (Å²) < 4.78 is 28.8. The van der Waals surface area contributed by atoms with E-state index in [0.29, 0.717) is 17.9 Å². The third-order valence-corrected chi connectivity index (χ3v) is 6.51. The molecule has 3 N–H and O–H groups in total. The maximum Gasteiger partial charge on any atom is 0.241 e. The summed E-state index contributed by atoms with van der Waals surface area (Å²) in [5, 5.41) is 11.3. The molecule has 0 aliphatic rings. The highest BCUT2D eigenvalue weighted by atomic mass is 32.2. The van der Waals surface area contributed by atoms with E-state index in [1.807, 2.05) is 58.0 Å². The van der Waals surface area contributed by atoms with Gasteiger partial charge in [0.15, 0.2) is 0 Å². The third-order valence-electron chi connectivity index (χ3n) is 4.68. The van der Waals surface area contributed by atoms with Crippen LogP contribution in [0.1, 0.15) is 30.0 Å². The van der Waals surface area contributed by atoms with E-state index >= 15 is 0 Å². The van der Waals surface area contributed by atoms with E-state index in [4.69, 9.17) is 0 Å². The minimum atomic E-state index is -3.58. The van der Waals surface area contributed by atoms with Crippen LogP contribution >= 0.6 is 0 Å². The Hall–Kier alpha value is -2.38. The molecule has 7 heteroatoms. The van der Waals surface area contributed by atoms with Crippen molar-refractivity contribution in [3.05, 3.63) is 53.2 Å². The molecule has 0 amide bonds. The molecule has 27 heavy (non-hydrogen) atoms. The Bertz CT molecular complexity index is 1030. The number of benzene rings is 2. The molecule has 2 aromatic carbocycles. The Kier molecular flexibility index (Phi) is 5.53. The molecule has 0 unspecified atom stereocenters. The van der Waals surface area contributed by atoms with E-state index in [1.165, 1.54) is 0 Å². The second kappa shape index (κ2) is 7.70. The van der Waals surface area contributed by atoms with Crippen molar-refractivity contribution in [1.82, 2.24) is 14.9 Å². The Labute approximate surface area is 160 Å². The number of aromatic amines is 1. The highest BCUT2D eigenvalue weighted by Gasteiger charge is 2.23. The normalized spacial score (nSPS) is 13.0. The first-order chi connectivity index (χ1) is 12.8. The second-order valence-corrected chi connectivity index (χ2v) is 8.66. The van der Waals surface area contributed by atoms with E-state index in [9.17, 15) is 8.42 Å². The van der Waals surface area contributed by atoms with Gasteiger partial charge >= 0.3 is 0 Å². The number of hydrogen-bond donors (Lipinski definition) is 3. The monoisotopic (exact) mass is 386 g/mol. The fraction of sp³-hybridized carbons (Fsp3) is 0.350. The van der Waals surface area contributed by atoms with Gasteiger partial charge in [-0.1, -0.05) is 24.6 Å². The predicted molar refractivity (Wildman–Crippen MR) is 110 cm³/mol. The van der Waals surface area contributed by atoms with Gasteiger partial charge in [0.25, 0.3) is 0 Å². The Morgan fingerprint density at radius 1 is 1.11 bits per heavy atom. The van der Waals surface area contributed by atoms with Gasteiger partial charge in [0.1, 0.15) is 0 Å². The molecular weight excluding hydrogens is 360 g/mol. The molecule has 0 bridgehead atoms. The number of fused-ring (bicyclic) bond motifs is 1. The third kappa shape index (κ3) is 4.31. The van der Waals surface area contributed by atoms with Crippen LogP contribution in [0, 0.1) is 20.8 Å². The molecule has 144 valence electrons. The fourth-order valence-corrected chi connectivity index (χ4v) is 5.20. The molecule has 0 saturated carbocycles. The summed E-state index contributed by atoms with van der Waals surface area (Å²) in [6, 6.07) is 9.50.